The third kappa shape index (κ3) is 6.22. The molecule has 1 spiro atoms. The molecule has 3 amide bonds. The highest BCUT2D eigenvalue weighted by Crippen LogP contribution is 2.56. The maximum Gasteiger partial charge on any atom is 0.238 e. The van der Waals surface area contributed by atoms with E-state index in [1.807, 2.05) is 37.3 Å². The number of nitrogens with two attached hydrogens (primary N) is 1. The lowest BCUT2D eigenvalue weighted by Crippen LogP contribution is -2.64. The molecule has 40 heavy (non-hydrogen) atoms. The number of hydrogen-bond donors (Lipinski definition) is 2. The van der Waals surface area contributed by atoms with Gasteiger partial charge in [-0.2, -0.15) is 0 Å². The van der Waals surface area contributed by atoms with Crippen LogP contribution in [0.15, 0.2) is 59.1 Å². The van der Waals surface area contributed by atoms with Crippen molar-refractivity contribution in [2.75, 3.05) is 19.0 Å². The molecule has 4 unspecified atom stereocenters. The molecule has 1 saturated heterocycles. The van der Waals surface area contributed by atoms with Crippen LogP contribution in [0, 0.1) is 0 Å². The fourth-order valence-electron chi connectivity index (χ4n) is 5.52. The SMILES string of the molecule is C=C(CC)C1N(CC(N)=O)C(=O)CC(c2cccc(Cl)c2)C12C(=O)Nc1cc(Br)ccc12.COC(C)[Si](C)(C)C. The predicted molar refractivity (Wildman–Crippen MR) is 167 cm³/mol. The van der Waals surface area contributed by atoms with Gasteiger partial charge in [-0.1, -0.05) is 84.4 Å². The number of halogens is 2. The molecule has 0 saturated carbocycles. The van der Waals surface area contributed by atoms with Gasteiger partial charge in [-0.15, -0.1) is 0 Å². The highest BCUT2D eigenvalue weighted by Gasteiger charge is 2.63. The average Bonchev–Trinajstić information content (AvgIpc) is 3.15. The fourth-order valence-corrected chi connectivity index (χ4v) is 6.79. The number of nitrogens with one attached hydrogen (secondary N) is 1. The molecule has 0 radical (unpaired) electrons. The van der Waals surface area contributed by atoms with Crippen LogP contribution in [0.25, 0.3) is 0 Å². The van der Waals surface area contributed by atoms with Crippen molar-refractivity contribution in [2.45, 2.75) is 69.4 Å². The largest absolute Gasteiger partial charge is 0.385 e. The zero-order chi connectivity index (χ0) is 30.0. The lowest BCUT2D eigenvalue weighted by Gasteiger charge is -2.51. The minimum Gasteiger partial charge on any atom is -0.385 e. The Kier molecular flexibility index (Phi) is 10.1. The van der Waals surface area contributed by atoms with Gasteiger partial charge in [0.25, 0.3) is 0 Å². The summed E-state index contributed by atoms with van der Waals surface area (Å²) in [5, 5.41) is 3.53. The number of carbonyl (C=O) groups excluding carboxylic acids is 3. The van der Waals surface area contributed by atoms with E-state index in [0.717, 1.165) is 15.6 Å². The Morgan fingerprint density at radius 2 is 1.95 bits per heavy atom. The molecule has 3 N–H and O–H groups in total. The number of methoxy groups -OCH3 is 1. The van der Waals surface area contributed by atoms with Gasteiger partial charge >= 0.3 is 0 Å². The molecule has 216 valence electrons. The second-order valence-electron chi connectivity index (χ2n) is 11.5. The molecule has 2 aromatic carbocycles. The smallest absolute Gasteiger partial charge is 0.238 e. The Bertz CT molecular complexity index is 1310. The number of likely N-dealkylation sites (tertiary alicyclic amines) is 1. The monoisotopic (exact) mass is 647 g/mol. The summed E-state index contributed by atoms with van der Waals surface area (Å²) in [4.78, 5) is 40.6. The van der Waals surface area contributed by atoms with E-state index in [4.69, 9.17) is 22.1 Å². The Hall–Kier alpha value is -2.46. The van der Waals surface area contributed by atoms with Crippen LogP contribution < -0.4 is 11.1 Å². The molecule has 0 bridgehead atoms. The first-order valence-electron chi connectivity index (χ1n) is 13.3. The third-order valence-corrected chi connectivity index (χ3v) is 11.4. The fraction of sp³-hybridized carbons (Fsp3) is 0.433. The third-order valence-electron chi connectivity index (χ3n) is 8.03. The first-order chi connectivity index (χ1) is 18.7. The van der Waals surface area contributed by atoms with Gasteiger partial charge in [0.05, 0.1) is 20.7 Å². The van der Waals surface area contributed by atoms with Crippen LogP contribution in [-0.2, 0) is 24.5 Å². The van der Waals surface area contributed by atoms with Gasteiger partial charge in [-0.05, 0) is 48.7 Å². The van der Waals surface area contributed by atoms with Crippen LogP contribution in [0.3, 0.4) is 0 Å². The quantitative estimate of drug-likeness (QED) is 0.283. The normalized spacial score (nSPS) is 22.8. The lowest BCUT2D eigenvalue weighted by molar-refractivity contribution is -0.146. The molecule has 4 rings (SSSR count). The van der Waals surface area contributed by atoms with Crippen LogP contribution in [0.2, 0.25) is 24.7 Å². The molecule has 0 aromatic heterocycles. The van der Waals surface area contributed by atoms with E-state index >= 15 is 0 Å². The van der Waals surface area contributed by atoms with E-state index in [2.05, 4.69) is 54.4 Å². The number of rotatable bonds is 7. The standard InChI is InChI=1S/C24H23BrClN3O3.C6H16OSi/c1-3-13(2)22-24(17-8-7-15(25)10-19(17)28-23(24)32)18(14-5-4-6-16(26)9-14)11-21(31)29(22)12-20(27)30;1-6(7-2)8(3,4)5/h4-10,18,22H,2-3,11-12H2,1H3,(H2,27,30)(H,28,32);6H,1-5H3. The number of piperidine rings is 1. The topological polar surface area (TPSA) is 102 Å². The van der Waals surface area contributed by atoms with Gasteiger partial charge in [-0.3, -0.25) is 14.4 Å². The van der Waals surface area contributed by atoms with Crippen LogP contribution in [0.1, 0.15) is 43.7 Å². The van der Waals surface area contributed by atoms with E-state index < -0.39 is 31.4 Å². The number of ether oxygens (including phenoxy) is 1. The summed E-state index contributed by atoms with van der Waals surface area (Å²) in [5.74, 6) is -1.64. The van der Waals surface area contributed by atoms with Crippen molar-refractivity contribution in [3.63, 3.8) is 0 Å². The molecular formula is C30H39BrClN3O4Si. The van der Waals surface area contributed by atoms with E-state index in [1.54, 1.807) is 19.2 Å². The zero-order valence-corrected chi connectivity index (χ0v) is 27.4. The first-order valence-corrected chi connectivity index (χ1v) is 18.1. The molecule has 7 nitrogen and oxygen atoms in total. The summed E-state index contributed by atoms with van der Waals surface area (Å²) < 4.78 is 6.00. The number of nitrogens with zero attached hydrogens (tertiary/aromatic N) is 1. The number of carbonyl (C=O) groups is 3. The lowest BCUT2D eigenvalue weighted by atomic mass is 9.58. The highest BCUT2D eigenvalue weighted by atomic mass is 79.9. The second-order valence-corrected chi connectivity index (χ2v) is 18.4. The summed E-state index contributed by atoms with van der Waals surface area (Å²) in [6.07, 6.45) is 0.556. The molecular weight excluding hydrogens is 610 g/mol. The van der Waals surface area contributed by atoms with Crippen LogP contribution in [0.4, 0.5) is 5.69 Å². The Morgan fingerprint density at radius 1 is 1.27 bits per heavy atom. The minimum absolute atomic E-state index is 0.0318. The van der Waals surface area contributed by atoms with Crippen molar-refractivity contribution in [2.24, 2.45) is 5.73 Å². The Balaban J connectivity index is 0.000000482. The Morgan fingerprint density at radius 3 is 2.48 bits per heavy atom. The van der Waals surface area contributed by atoms with Gasteiger partial charge in [0.15, 0.2) is 0 Å². The second kappa shape index (κ2) is 12.6. The Labute approximate surface area is 251 Å². The van der Waals surface area contributed by atoms with Gasteiger partial charge in [-0.25, -0.2) is 0 Å². The number of anilines is 1. The van der Waals surface area contributed by atoms with E-state index in [0.29, 0.717) is 28.4 Å². The molecule has 2 aliphatic rings. The van der Waals surface area contributed by atoms with E-state index in [9.17, 15) is 14.4 Å². The van der Waals surface area contributed by atoms with E-state index in [1.165, 1.54) is 4.90 Å². The van der Waals surface area contributed by atoms with Crippen molar-refractivity contribution in [1.29, 1.82) is 0 Å². The van der Waals surface area contributed by atoms with Gasteiger partial charge in [0.2, 0.25) is 17.7 Å². The van der Waals surface area contributed by atoms with Crippen LogP contribution in [0.5, 0.6) is 0 Å². The number of fused-ring (bicyclic) bond motifs is 2. The van der Waals surface area contributed by atoms with Gasteiger partial charge < -0.3 is 20.7 Å². The van der Waals surface area contributed by atoms with Crippen molar-refractivity contribution in [3.8, 4) is 0 Å². The number of hydrogen-bond acceptors (Lipinski definition) is 4. The number of amides is 3. The van der Waals surface area contributed by atoms with Crippen molar-refractivity contribution in [1.82, 2.24) is 4.90 Å². The maximum atomic E-state index is 13.9. The number of primary amides is 1. The van der Waals surface area contributed by atoms with Gasteiger partial charge in [0.1, 0.15) is 5.41 Å². The molecule has 2 aromatic rings. The molecule has 4 atom stereocenters. The molecule has 10 heteroatoms. The summed E-state index contributed by atoms with van der Waals surface area (Å²) in [7, 11) is 0.798. The molecule has 2 aliphatic heterocycles. The summed E-state index contributed by atoms with van der Waals surface area (Å²) in [6, 6.07) is 12.1. The minimum atomic E-state index is -1.18. The van der Waals surface area contributed by atoms with Gasteiger partial charge in [0, 0.05) is 40.4 Å². The summed E-state index contributed by atoms with van der Waals surface area (Å²) in [5.41, 5.74) is 7.70. The molecule has 1 fully saturated rings. The molecule has 0 aliphatic carbocycles. The zero-order valence-electron chi connectivity index (χ0n) is 24.0. The molecule has 2 heterocycles. The highest BCUT2D eigenvalue weighted by molar-refractivity contribution is 9.10. The van der Waals surface area contributed by atoms with Crippen LogP contribution >= 0.6 is 27.5 Å². The van der Waals surface area contributed by atoms with Crippen molar-refractivity contribution in [3.05, 3.63) is 75.2 Å². The summed E-state index contributed by atoms with van der Waals surface area (Å²) in [6.45, 7) is 14.9. The average molecular weight is 649 g/mol. The number of benzene rings is 2. The van der Waals surface area contributed by atoms with E-state index in [-0.39, 0.29) is 24.8 Å². The van der Waals surface area contributed by atoms with Crippen LogP contribution in [-0.4, -0.2) is 56.1 Å². The predicted octanol–water partition coefficient (Wildman–Crippen LogP) is 6.03. The maximum absolute atomic E-state index is 13.9. The first kappa shape index (κ1) is 32.1. The van der Waals surface area contributed by atoms with Crippen molar-refractivity contribution < 1.29 is 19.1 Å². The summed E-state index contributed by atoms with van der Waals surface area (Å²) >= 11 is 9.76. The van der Waals surface area contributed by atoms with Crippen molar-refractivity contribution >= 4 is 59.0 Å².